The molecule has 1 amide bonds. The third-order valence-corrected chi connectivity index (χ3v) is 6.35. The maximum absolute atomic E-state index is 12.6. The predicted octanol–water partition coefficient (Wildman–Crippen LogP) is 3.80. The fourth-order valence-corrected chi connectivity index (χ4v) is 4.65. The predicted molar refractivity (Wildman–Crippen MR) is 111 cm³/mol. The van der Waals surface area contributed by atoms with Gasteiger partial charge in [0, 0.05) is 30.6 Å². The van der Waals surface area contributed by atoms with Crippen molar-refractivity contribution in [2.24, 2.45) is 5.41 Å². The number of likely N-dealkylation sites (tertiary alicyclic amines) is 1. The zero-order chi connectivity index (χ0) is 16.4. The Hall–Kier alpha value is -1.14. The molecule has 2 aliphatic heterocycles. The molecule has 26 heavy (non-hydrogen) atoms. The highest BCUT2D eigenvalue weighted by atomic mass is 35.5. The highest BCUT2D eigenvalue weighted by Gasteiger charge is 2.37. The summed E-state index contributed by atoms with van der Waals surface area (Å²) in [5.41, 5.74) is 2.47. The molecule has 0 bridgehead atoms. The highest BCUT2D eigenvalue weighted by molar-refractivity contribution is 7.13. The number of piperidine rings is 1. The highest BCUT2D eigenvalue weighted by Crippen LogP contribution is 2.37. The van der Waals surface area contributed by atoms with Crippen LogP contribution in [0, 0.1) is 5.41 Å². The van der Waals surface area contributed by atoms with Crippen molar-refractivity contribution in [2.75, 3.05) is 26.2 Å². The summed E-state index contributed by atoms with van der Waals surface area (Å²) < 4.78 is 0. The number of carbonyl (C=O) groups is 1. The number of amides is 1. The Kier molecular flexibility index (Phi) is 7.47. The molecule has 1 aromatic heterocycles. The van der Waals surface area contributed by atoms with Crippen LogP contribution in [0.3, 0.4) is 0 Å². The van der Waals surface area contributed by atoms with E-state index in [1.165, 1.54) is 6.42 Å². The van der Waals surface area contributed by atoms with Crippen molar-refractivity contribution in [3.05, 3.63) is 41.4 Å². The molecule has 142 valence electrons. The van der Waals surface area contributed by atoms with Crippen LogP contribution in [0.15, 0.2) is 35.7 Å². The molecule has 2 saturated heterocycles. The minimum atomic E-state index is 0. The zero-order valence-electron chi connectivity index (χ0n) is 14.6. The Labute approximate surface area is 171 Å². The van der Waals surface area contributed by atoms with E-state index in [1.807, 2.05) is 28.5 Å². The monoisotopic (exact) mass is 413 g/mol. The van der Waals surface area contributed by atoms with E-state index in [0.29, 0.717) is 11.8 Å². The first-order chi connectivity index (χ1) is 11.7. The molecule has 2 aliphatic rings. The summed E-state index contributed by atoms with van der Waals surface area (Å²) in [4.78, 5) is 19.3. The molecule has 0 unspecified atom stereocenters. The molecule has 7 heteroatoms. The van der Waals surface area contributed by atoms with Crippen LogP contribution in [0.1, 0.15) is 25.0 Å². The molecule has 4 rings (SSSR count). The molecular formula is C19H25Cl2N3OS. The van der Waals surface area contributed by atoms with Gasteiger partial charge in [-0.2, -0.15) is 0 Å². The van der Waals surface area contributed by atoms with Crippen LogP contribution in [0.4, 0.5) is 0 Å². The average molecular weight is 414 g/mol. The van der Waals surface area contributed by atoms with Gasteiger partial charge in [-0.25, -0.2) is 4.98 Å². The molecule has 2 aromatic rings. The van der Waals surface area contributed by atoms with Gasteiger partial charge in [0.15, 0.2) is 0 Å². The van der Waals surface area contributed by atoms with Crippen molar-refractivity contribution >= 4 is 42.1 Å². The maximum Gasteiger partial charge on any atom is 0.228 e. The first kappa shape index (κ1) is 21.2. The Bertz CT molecular complexity index is 707. The summed E-state index contributed by atoms with van der Waals surface area (Å²) in [6, 6.07) is 10.2. The number of thiazole rings is 1. The normalized spacial score (nSPS) is 18.2. The number of carbonyl (C=O) groups excluding carboxylic acids is 1. The van der Waals surface area contributed by atoms with Gasteiger partial charge in [-0.1, -0.05) is 30.3 Å². The van der Waals surface area contributed by atoms with Crippen LogP contribution < -0.4 is 5.32 Å². The van der Waals surface area contributed by atoms with Crippen molar-refractivity contribution in [3.63, 3.8) is 0 Å². The fraction of sp³-hybridized carbons (Fsp3) is 0.474. The van der Waals surface area contributed by atoms with Crippen LogP contribution in [0.25, 0.3) is 10.6 Å². The van der Waals surface area contributed by atoms with Crippen molar-refractivity contribution in [3.8, 4) is 10.6 Å². The van der Waals surface area contributed by atoms with E-state index < -0.39 is 0 Å². The molecule has 4 nitrogen and oxygen atoms in total. The van der Waals surface area contributed by atoms with Gasteiger partial charge < -0.3 is 10.2 Å². The van der Waals surface area contributed by atoms with Gasteiger partial charge in [0.05, 0.1) is 12.1 Å². The second-order valence-electron chi connectivity index (χ2n) is 6.99. The Balaban J connectivity index is 0.00000121. The van der Waals surface area contributed by atoms with Crippen LogP contribution in [0.2, 0.25) is 0 Å². The summed E-state index contributed by atoms with van der Waals surface area (Å²) in [6.07, 6.45) is 3.96. The molecule has 1 aromatic carbocycles. The largest absolute Gasteiger partial charge is 0.342 e. The number of aromatic nitrogens is 1. The first-order valence-corrected chi connectivity index (χ1v) is 9.60. The minimum Gasteiger partial charge on any atom is -0.342 e. The van der Waals surface area contributed by atoms with E-state index >= 15 is 0 Å². The third kappa shape index (κ3) is 4.58. The van der Waals surface area contributed by atoms with E-state index in [4.69, 9.17) is 0 Å². The average Bonchev–Trinajstić information content (AvgIpc) is 3.26. The molecule has 0 atom stereocenters. The number of nitrogens with one attached hydrogen (secondary N) is 1. The lowest BCUT2D eigenvalue weighted by Crippen LogP contribution is -2.44. The van der Waals surface area contributed by atoms with Crippen molar-refractivity contribution in [2.45, 2.75) is 25.7 Å². The number of nitrogens with zero attached hydrogens (tertiary/aromatic N) is 2. The van der Waals surface area contributed by atoms with Gasteiger partial charge in [-0.05, 0) is 31.2 Å². The summed E-state index contributed by atoms with van der Waals surface area (Å²) in [7, 11) is 0. The number of hydrogen-bond acceptors (Lipinski definition) is 4. The van der Waals surface area contributed by atoms with Crippen molar-refractivity contribution in [1.82, 2.24) is 15.2 Å². The smallest absolute Gasteiger partial charge is 0.228 e. The van der Waals surface area contributed by atoms with Crippen molar-refractivity contribution in [1.29, 1.82) is 0 Å². The molecule has 2 fully saturated rings. The molecule has 1 spiro atoms. The first-order valence-electron chi connectivity index (χ1n) is 8.73. The second kappa shape index (κ2) is 9.18. The van der Waals surface area contributed by atoms with Crippen LogP contribution in [0.5, 0.6) is 0 Å². The van der Waals surface area contributed by atoms with Crippen LogP contribution >= 0.6 is 36.2 Å². The summed E-state index contributed by atoms with van der Waals surface area (Å²) in [5.74, 6) is 0.223. The fourth-order valence-electron chi connectivity index (χ4n) is 3.82. The molecule has 0 saturated carbocycles. The number of rotatable bonds is 3. The van der Waals surface area contributed by atoms with Crippen molar-refractivity contribution < 1.29 is 4.79 Å². The number of halogens is 2. The minimum absolute atomic E-state index is 0. The SMILES string of the molecule is Cl.Cl.O=C(Cc1csc(-c2ccccc2)n1)N1CCC2(CCNC2)CC1. The number of hydrogen-bond donors (Lipinski definition) is 1. The standard InChI is InChI=1S/C19H23N3OS.2ClH/c23-17(22-10-7-19(8-11-22)6-9-20-14-19)12-16-13-24-18(21-16)15-4-2-1-3-5-15;;/h1-5,13,20H,6-12,14H2;2*1H. The molecule has 3 heterocycles. The topological polar surface area (TPSA) is 45.2 Å². The van der Waals surface area contributed by atoms with E-state index in [9.17, 15) is 4.79 Å². The Morgan fingerprint density at radius 2 is 1.88 bits per heavy atom. The van der Waals surface area contributed by atoms with Crippen LogP contribution in [-0.4, -0.2) is 42.0 Å². The Morgan fingerprint density at radius 3 is 2.54 bits per heavy atom. The Morgan fingerprint density at radius 1 is 1.15 bits per heavy atom. The van der Waals surface area contributed by atoms with Gasteiger partial charge in [0.2, 0.25) is 5.91 Å². The van der Waals surface area contributed by atoms with Crippen LogP contribution in [-0.2, 0) is 11.2 Å². The molecular weight excluding hydrogens is 389 g/mol. The molecule has 0 radical (unpaired) electrons. The summed E-state index contributed by atoms with van der Waals surface area (Å²) in [5, 5.41) is 6.49. The maximum atomic E-state index is 12.6. The molecule has 1 N–H and O–H groups in total. The quantitative estimate of drug-likeness (QED) is 0.831. The van der Waals surface area contributed by atoms with E-state index in [2.05, 4.69) is 22.4 Å². The summed E-state index contributed by atoms with van der Waals surface area (Å²) in [6.45, 7) is 4.06. The lowest BCUT2D eigenvalue weighted by Gasteiger charge is -2.38. The van der Waals surface area contributed by atoms with E-state index in [-0.39, 0.29) is 30.7 Å². The second-order valence-corrected chi connectivity index (χ2v) is 7.85. The number of benzene rings is 1. The van der Waals surface area contributed by atoms with E-state index in [1.54, 1.807) is 11.3 Å². The van der Waals surface area contributed by atoms with Gasteiger partial charge in [0.25, 0.3) is 0 Å². The van der Waals surface area contributed by atoms with Gasteiger partial charge in [-0.3, -0.25) is 4.79 Å². The van der Waals surface area contributed by atoms with Gasteiger partial charge in [0.1, 0.15) is 5.01 Å². The third-order valence-electron chi connectivity index (χ3n) is 5.41. The van der Waals surface area contributed by atoms with E-state index in [0.717, 1.165) is 55.3 Å². The van der Waals surface area contributed by atoms with Gasteiger partial charge in [-0.15, -0.1) is 36.2 Å². The summed E-state index contributed by atoms with van der Waals surface area (Å²) >= 11 is 1.62. The zero-order valence-corrected chi connectivity index (χ0v) is 17.1. The molecule has 0 aliphatic carbocycles. The lowest BCUT2D eigenvalue weighted by molar-refractivity contribution is -0.132. The lowest BCUT2D eigenvalue weighted by atomic mass is 9.78. The van der Waals surface area contributed by atoms with Gasteiger partial charge >= 0.3 is 0 Å².